The minimum atomic E-state index is -0.242. The maximum absolute atomic E-state index is 12.5. The van der Waals surface area contributed by atoms with Gasteiger partial charge in [0.05, 0.1) is 36.8 Å². The minimum absolute atomic E-state index is 0. The number of pyridine rings is 1. The van der Waals surface area contributed by atoms with E-state index in [0.717, 1.165) is 17.0 Å². The summed E-state index contributed by atoms with van der Waals surface area (Å²) in [5.41, 5.74) is 3.79. The fraction of sp³-hybridized carbons (Fsp3) is 0.227. The van der Waals surface area contributed by atoms with E-state index in [1.54, 1.807) is 19.4 Å². The number of carbonyl (C=O) groups is 1. The van der Waals surface area contributed by atoms with E-state index in [1.165, 1.54) is 6.20 Å². The predicted molar refractivity (Wildman–Crippen MR) is 113 cm³/mol. The number of hydrogen-bond donors (Lipinski definition) is 2. The standard InChI is InChI=1S/C22H24N5O2.K/c1-15(23-8-9-24-20-13-27(3)14-20)17-6-5-7-19(10-17)26-22(28)18-11-21(29-4)16(2)25-12-18;/h5-7,9-15,23H,1-4H3,(H,26,28);/q-1;+1. The number of aryl methyl sites for hydroxylation is 1. The van der Waals surface area contributed by atoms with Gasteiger partial charge in [0, 0.05) is 17.9 Å². The molecule has 1 amide bonds. The van der Waals surface area contributed by atoms with Crippen LogP contribution in [0.3, 0.4) is 0 Å². The molecule has 0 fully saturated rings. The summed E-state index contributed by atoms with van der Waals surface area (Å²) < 4.78 is 7.17. The summed E-state index contributed by atoms with van der Waals surface area (Å²) in [4.78, 5) is 21.0. The number of aliphatic imine (C=N–C) groups is 1. The Kier molecular flexibility index (Phi) is 9.25. The number of aromatic nitrogens is 1. The van der Waals surface area contributed by atoms with Crippen LogP contribution in [0.4, 0.5) is 5.69 Å². The maximum atomic E-state index is 12.5. The summed E-state index contributed by atoms with van der Waals surface area (Å²) in [6.45, 7) is 5.77. The van der Waals surface area contributed by atoms with E-state index in [0.29, 0.717) is 17.0 Å². The van der Waals surface area contributed by atoms with Gasteiger partial charge in [0.25, 0.3) is 5.91 Å². The summed E-state index contributed by atoms with van der Waals surface area (Å²) in [6, 6.07) is 9.33. The molecule has 7 nitrogen and oxygen atoms in total. The van der Waals surface area contributed by atoms with Gasteiger partial charge < -0.3 is 31.1 Å². The maximum Gasteiger partial charge on any atom is 1.00 e. The molecule has 1 aliphatic heterocycles. The third-order valence-electron chi connectivity index (χ3n) is 4.42. The third-order valence-corrected chi connectivity index (χ3v) is 4.42. The van der Waals surface area contributed by atoms with Crippen LogP contribution in [0.5, 0.6) is 5.75 Å². The summed E-state index contributed by atoms with van der Waals surface area (Å²) in [5, 5.41) is 6.05. The molecule has 0 aliphatic carbocycles. The average Bonchev–Trinajstić information content (AvgIpc) is 2.69. The number of benzene rings is 1. The number of rotatable bonds is 7. The van der Waals surface area contributed by atoms with E-state index >= 15 is 0 Å². The molecule has 1 unspecified atom stereocenters. The Morgan fingerprint density at radius 3 is 2.87 bits per heavy atom. The summed E-state index contributed by atoms with van der Waals surface area (Å²) in [6.07, 6.45) is 8.04. The van der Waals surface area contributed by atoms with Gasteiger partial charge in [0.15, 0.2) is 0 Å². The molecule has 1 aromatic carbocycles. The van der Waals surface area contributed by atoms with Crippen LogP contribution in [-0.2, 0) is 0 Å². The summed E-state index contributed by atoms with van der Waals surface area (Å²) >= 11 is 0. The van der Waals surface area contributed by atoms with Crippen molar-refractivity contribution < 1.29 is 65.5 Å². The number of methoxy groups -OCH3 is 1. The number of carbonyl (C=O) groups excluding carboxylic acids is 1. The zero-order chi connectivity index (χ0) is 20.8. The van der Waals surface area contributed by atoms with Crippen LogP contribution in [0.25, 0.3) is 0 Å². The van der Waals surface area contributed by atoms with Crippen molar-refractivity contribution in [3.05, 3.63) is 72.3 Å². The van der Waals surface area contributed by atoms with Crippen molar-refractivity contribution in [2.45, 2.75) is 19.9 Å². The molecule has 1 aliphatic rings. The third kappa shape index (κ3) is 6.51. The Bertz CT molecular complexity index is 1000. The zero-order valence-electron chi connectivity index (χ0n) is 17.9. The van der Waals surface area contributed by atoms with Gasteiger partial charge in [-0.3, -0.25) is 9.78 Å². The molecule has 0 spiro atoms. The first-order valence-electron chi connectivity index (χ1n) is 9.20. The van der Waals surface area contributed by atoms with Crippen molar-refractivity contribution >= 4 is 23.5 Å². The molecular formula is C22H24KN5O2. The van der Waals surface area contributed by atoms with E-state index in [9.17, 15) is 4.79 Å². The fourth-order valence-electron chi connectivity index (χ4n) is 2.76. The topological polar surface area (TPSA) is 78.6 Å². The molecule has 3 rings (SSSR count). The second kappa shape index (κ2) is 11.4. The molecule has 0 radical (unpaired) electrons. The van der Waals surface area contributed by atoms with Crippen LogP contribution in [0.1, 0.15) is 34.6 Å². The number of anilines is 1. The summed E-state index contributed by atoms with van der Waals surface area (Å²) in [5.74, 6) is 0.340. The number of amides is 1. The first kappa shape index (κ1) is 24.3. The molecule has 8 heteroatoms. The van der Waals surface area contributed by atoms with Gasteiger partial charge >= 0.3 is 51.4 Å². The molecule has 0 saturated carbocycles. The predicted octanol–water partition coefficient (Wildman–Crippen LogP) is -0.0906. The molecule has 0 bridgehead atoms. The summed E-state index contributed by atoms with van der Waals surface area (Å²) in [7, 11) is 3.51. The van der Waals surface area contributed by atoms with Crippen molar-refractivity contribution in [3.8, 4) is 5.75 Å². The van der Waals surface area contributed by atoms with Gasteiger partial charge in [-0.15, -0.1) is 6.20 Å². The molecule has 1 atom stereocenters. The van der Waals surface area contributed by atoms with Gasteiger partial charge in [-0.2, -0.15) is 0 Å². The molecule has 30 heavy (non-hydrogen) atoms. The van der Waals surface area contributed by atoms with Crippen LogP contribution < -0.4 is 66.8 Å². The number of nitrogens with zero attached hydrogens (tertiary/aromatic N) is 3. The Hall–Kier alpha value is -1.97. The van der Waals surface area contributed by atoms with E-state index < -0.39 is 0 Å². The molecule has 2 heterocycles. The number of nitrogens with one attached hydrogen (secondary N) is 2. The van der Waals surface area contributed by atoms with Crippen LogP contribution in [-0.4, -0.2) is 41.6 Å². The normalized spacial score (nSPS) is 14.8. The van der Waals surface area contributed by atoms with Crippen molar-refractivity contribution in [2.75, 3.05) is 19.5 Å². The smallest absolute Gasteiger partial charge is 0.560 e. The number of ether oxygens (including phenoxy) is 1. The second-order valence-electron chi connectivity index (χ2n) is 6.71. The molecule has 0 saturated heterocycles. The van der Waals surface area contributed by atoms with Gasteiger partial charge in [0.1, 0.15) is 12.8 Å². The van der Waals surface area contributed by atoms with Crippen molar-refractivity contribution in [3.63, 3.8) is 0 Å². The van der Waals surface area contributed by atoms with Gasteiger partial charge in [-0.1, -0.05) is 12.1 Å². The van der Waals surface area contributed by atoms with E-state index in [1.807, 2.05) is 62.5 Å². The molecule has 2 N–H and O–H groups in total. The van der Waals surface area contributed by atoms with Crippen molar-refractivity contribution in [1.82, 2.24) is 10.3 Å². The zero-order valence-corrected chi connectivity index (χ0v) is 21.1. The number of hydrogen-bond acceptors (Lipinski definition) is 5. The Morgan fingerprint density at radius 2 is 2.17 bits per heavy atom. The van der Waals surface area contributed by atoms with Crippen molar-refractivity contribution in [2.24, 2.45) is 4.99 Å². The van der Waals surface area contributed by atoms with Gasteiger partial charge in [-0.05, 0) is 37.6 Å². The van der Waals surface area contributed by atoms with E-state index in [2.05, 4.69) is 26.8 Å². The van der Waals surface area contributed by atoms with Crippen molar-refractivity contribution in [1.29, 1.82) is 0 Å². The quantitative estimate of drug-likeness (QED) is 0.279. The van der Waals surface area contributed by atoms with Crippen LogP contribution in [0, 0.1) is 19.7 Å². The SMILES string of the molecule is COc1cc(C(=O)Nc2cccc(C(C)N[C-]=CN=C3C=[N+](C)[CH-]3)c2)cnc1C.[K+]. The first-order valence-corrected chi connectivity index (χ1v) is 9.20. The fourth-order valence-corrected chi connectivity index (χ4v) is 2.76. The average molecular weight is 430 g/mol. The Balaban J connectivity index is 0.00000320. The van der Waals surface area contributed by atoms with Crippen LogP contribution >= 0.6 is 0 Å². The van der Waals surface area contributed by atoms with Crippen LogP contribution in [0.15, 0.2) is 47.7 Å². The van der Waals surface area contributed by atoms with Gasteiger partial charge in [0.2, 0.25) is 0 Å². The first-order chi connectivity index (χ1) is 14.0. The van der Waals surface area contributed by atoms with E-state index in [-0.39, 0.29) is 63.3 Å². The van der Waals surface area contributed by atoms with Crippen LogP contribution in [0.2, 0.25) is 0 Å². The minimum Gasteiger partial charge on any atom is -0.560 e. The Morgan fingerprint density at radius 1 is 1.40 bits per heavy atom. The van der Waals surface area contributed by atoms with Gasteiger partial charge in [-0.25, -0.2) is 0 Å². The molecule has 150 valence electrons. The molecule has 2 aromatic rings. The Labute approximate surface area is 219 Å². The molecular weight excluding hydrogens is 405 g/mol. The second-order valence-corrected chi connectivity index (χ2v) is 6.71. The van der Waals surface area contributed by atoms with E-state index in [4.69, 9.17) is 4.74 Å². The monoisotopic (exact) mass is 429 g/mol. The molecule has 1 aromatic heterocycles. The largest absolute Gasteiger partial charge is 1.00 e.